The second-order valence-corrected chi connectivity index (χ2v) is 4.79. The molecule has 0 aromatic heterocycles. The second-order valence-electron chi connectivity index (χ2n) is 3.87. The topological polar surface area (TPSA) is 26.0 Å². The molecule has 0 saturated carbocycles. The van der Waals surface area contributed by atoms with Gasteiger partial charge in [-0.15, -0.1) is 0 Å². The minimum atomic E-state index is -5.97. The van der Waals surface area contributed by atoms with Gasteiger partial charge in [0.2, 0.25) is 0 Å². The Hall–Kier alpha value is -0.900. The lowest BCUT2D eigenvalue weighted by atomic mass is 9.99. The normalized spacial score (nSPS) is 15.3. The van der Waals surface area contributed by atoms with Gasteiger partial charge in [0.15, 0.2) is 0 Å². The largest absolute Gasteiger partial charge is 0.455 e. The van der Waals surface area contributed by atoms with Crippen LogP contribution in [0.1, 0.15) is 17.2 Å². The van der Waals surface area contributed by atoms with Gasteiger partial charge in [0.25, 0.3) is 0 Å². The summed E-state index contributed by atoms with van der Waals surface area (Å²) in [4.78, 5) is 0. The molecule has 0 saturated heterocycles. The van der Waals surface area contributed by atoms with Gasteiger partial charge in [0.1, 0.15) is 6.04 Å². The average Bonchev–Trinajstić information content (AvgIpc) is 2.24. The summed E-state index contributed by atoms with van der Waals surface area (Å²) in [6.07, 6.45) is -10.9. The molecule has 114 valence electrons. The maximum atomic E-state index is 13.0. The number of alkyl halides is 8. The molecule has 10 heteroatoms. The molecule has 20 heavy (non-hydrogen) atoms. The monoisotopic (exact) mass is 371 g/mol. The van der Waals surface area contributed by atoms with E-state index in [1.807, 2.05) is 0 Å². The lowest BCUT2D eigenvalue weighted by molar-refractivity contribution is -0.291. The lowest BCUT2D eigenvalue weighted by Crippen LogP contribution is -2.45. The molecule has 1 nitrogen and oxygen atoms in total. The molecule has 0 spiro atoms. The zero-order chi connectivity index (χ0) is 15.9. The summed E-state index contributed by atoms with van der Waals surface area (Å²) in [5, 5.41) is 0. The van der Waals surface area contributed by atoms with Crippen LogP contribution in [0.15, 0.2) is 22.7 Å². The molecule has 0 fully saturated rings. The molecule has 0 aliphatic carbocycles. The van der Waals surface area contributed by atoms with E-state index in [9.17, 15) is 35.1 Å². The Morgan fingerprint density at radius 3 is 1.80 bits per heavy atom. The molecular formula is C10H6BrF8N. The molecule has 0 heterocycles. The Morgan fingerprint density at radius 2 is 1.40 bits per heavy atom. The highest BCUT2D eigenvalue weighted by Crippen LogP contribution is 2.44. The quantitative estimate of drug-likeness (QED) is 0.751. The van der Waals surface area contributed by atoms with Crippen LogP contribution in [0.5, 0.6) is 0 Å². The Balaban J connectivity index is 3.31. The predicted molar refractivity (Wildman–Crippen MR) is 57.1 cm³/mol. The predicted octanol–water partition coefficient (Wildman–Crippen LogP) is 4.67. The summed E-state index contributed by atoms with van der Waals surface area (Å²) in [7, 11) is 0. The lowest BCUT2D eigenvalue weighted by Gasteiger charge is -2.26. The molecule has 1 atom stereocenters. The average molecular weight is 372 g/mol. The molecule has 1 rings (SSSR count). The third-order valence-corrected chi connectivity index (χ3v) is 2.83. The van der Waals surface area contributed by atoms with Crippen molar-refractivity contribution in [1.29, 1.82) is 0 Å². The summed E-state index contributed by atoms with van der Waals surface area (Å²) in [6, 6.07) is -1.56. The van der Waals surface area contributed by atoms with Gasteiger partial charge in [-0.3, -0.25) is 0 Å². The van der Waals surface area contributed by atoms with Crippen LogP contribution in [0.3, 0.4) is 0 Å². The minimum Gasteiger partial charge on any atom is -0.319 e. The van der Waals surface area contributed by atoms with Gasteiger partial charge in [-0.1, -0.05) is 15.9 Å². The smallest absolute Gasteiger partial charge is 0.319 e. The fourth-order valence-electron chi connectivity index (χ4n) is 1.34. The van der Waals surface area contributed by atoms with E-state index in [1.54, 1.807) is 0 Å². The third-order valence-electron chi connectivity index (χ3n) is 2.38. The van der Waals surface area contributed by atoms with E-state index in [2.05, 4.69) is 15.9 Å². The molecule has 0 aliphatic heterocycles. The highest BCUT2D eigenvalue weighted by atomic mass is 79.9. The van der Waals surface area contributed by atoms with Gasteiger partial charge in [-0.25, -0.2) is 0 Å². The maximum Gasteiger partial charge on any atom is 0.455 e. The number of benzene rings is 1. The summed E-state index contributed by atoms with van der Waals surface area (Å²) >= 11 is 2.61. The van der Waals surface area contributed by atoms with Gasteiger partial charge in [0.05, 0.1) is 5.56 Å². The van der Waals surface area contributed by atoms with Crippen molar-refractivity contribution >= 4 is 15.9 Å². The fourth-order valence-corrected chi connectivity index (χ4v) is 1.85. The first-order valence-electron chi connectivity index (χ1n) is 4.84. The second kappa shape index (κ2) is 5.14. The van der Waals surface area contributed by atoms with E-state index in [0.29, 0.717) is 12.1 Å². The Labute approximate surface area is 115 Å². The van der Waals surface area contributed by atoms with Crippen LogP contribution >= 0.6 is 15.9 Å². The maximum absolute atomic E-state index is 13.0. The van der Waals surface area contributed by atoms with Crippen LogP contribution in [-0.4, -0.2) is 12.1 Å². The van der Waals surface area contributed by atoms with Crippen LogP contribution in [0.25, 0.3) is 0 Å². The SMILES string of the molecule is N[C@@H](c1cc(Br)cc(C(F)(F)F)c1)C(F)(F)C(F)(F)F. The summed E-state index contributed by atoms with van der Waals surface area (Å²) in [6.45, 7) is 0. The van der Waals surface area contributed by atoms with E-state index < -0.39 is 35.4 Å². The Morgan fingerprint density at radius 1 is 0.900 bits per heavy atom. The van der Waals surface area contributed by atoms with Crippen LogP contribution < -0.4 is 5.73 Å². The number of hydrogen-bond acceptors (Lipinski definition) is 1. The molecule has 1 aromatic carbocycles. The molecule has 0 bridgehead atoms. The van der Waals surface area contributed by atoms with E-state index in [4.69, 9.17) is 5.73 Å². The van der Waals surface area contributed by atoms with Crippen LogP contribution in [0, 0.1) is 0 Å². The highest BCUT2D eigenvalue weighted by Gasteiger charge is 2.61. The van der Waals surface area contributed by atoms with E-state index in [0.717, 1.165) is 0 Å². The highest BCUT2D eigenvalue weighted by molar-refractivity contribution is 9.10. The fraction of sp³-hybridized carbons (Fsp3) is 0.400. The number of rotatable bonds is 2. The Bertz CT molecular complexity index is 493. The molecule has 0 aliphatic rings. The standard InChI is InChI=1S/C10H6BrF8N/c11-6-2-4(1-5(3-6)9(14,15)16)7(20)8(12,13)10(17,18)19/h1-3,7H,20H2/t7-/m0/s1. The molecule has 2 N–H and O–H groups in total. The van der Waals surface area contributed by atoms with E-state index >= 15 is 0 Å². The minimum absolute atomic E-state index is 0.162. The summed E-state index contributed by atoms with van der Waals surface area (Å²) in [5.41, 5.74) is 2.42. The van der Waals surface area contributed by atoms with E-state index in [1.165, 1.54) is 0 Å². The first-order valence-corrected chi connectivity index (χ1v) is 5.64. The van der Waals surface area contributed by atoms with Crippen LogP contribution in [0.4, 0.5) is 35.1 Å². The van der Waals surface area contributed by atoms with Crippen molar-refractivity contribution in [3.8, 4) is 0 Å². The zero-order valence-electron chi connectivity index (χ0n) is 9.29. The van der Waals surface area contributed by atoms with Gasteiger partial charge >= 0.3 is 18.3 Å². The third kappa shape index (κ3) is 3.40. The Kier molecular flexibility index (Phi) is 4.41. The van der Waals surface area contributed by atoms with Crippen LogP contribution in [-0.2, 0) is 6.18 Å². The molecule has 0 unspecified atom stereocenters. The van der Waals surface area contributed by atoms with Crippen molar-refractivity contribution in [3.05, 3.63) is 33.8 Å². The summed E-state index contributed by atoms with van der Waals surface area (Å²) in [5.74, 6) is -5.35. The van der Waals surface area contributed by atoms with Crippen molar-refractivity contribution in [3.63, 3.8) is 0 Å². The van der Waals surface area contributed by atoms with Gasteiger partial charge < -0.3 is 5.73 Å². The first kappa shape index (κ1) is 17.2. The number of hydrogen-bond donors (Lipinski definition) is 1. The zero-order valence-corrected chi connectivity index (χ0v) is 10.9. The van der Waals surface area contributed by atoms with Crippen molar-refractivity contribution < 1.29 is 35.1 Å². The van der Waals surface area contributed by atoms with Gasteiger partial charge in [0, 0.05) is 4.47 Å². The van der Waals surface area contributed by atoms with Gasteiger partial charge in [-0.2, -0.15) is 35.1 Å². The van der Waals surface area contributed by atoms with Crippen molar-refractivity contribution in [2.45, 2.75) is 24.3 Å². The van der Waals surface area contributed by atoms with Crippen LogP contribution in [0.2, 0.25) is 0 Å². The van der Waals surface area contributed by atoms with Crippen molar-refractivity contribution in [1.82, 2.24) is 0 Å². The van der Waals surface area contributed by atoms with Crippen molar-refractivity contribution in [2.24, 2.45) is 5.73 Å². The summed E-state index contributed by atoms with van der Waals surface area (Å²) < 4.78 is 99.6. The van der Waals surface area contributed by atoms with Gasteiger partial charge in [-0.05, 0) is 23.8 Å². The van der Waals surface area contributed by atoms with Crippen molar-refractivity contribution in [2.75, 3.05) is 0 Å². The van der Waals surface area contributed by atoms with E-state index in [-0.39, 0.29) is 10.5 Å². The molecular weight excluding hydrogens is 366 g/mol. The first-order chi connectivity index (χ1) is 8.76. The molecule has 0 radical (unpaired) electrons. The number of halogens is 9. The molecule has 1 aromatic rings. The molecule has 0 amide bonds. The number of nitrogens with two attached hydrogens (primary N) is 1.